The topological polar surface area (TPSA) is 54.9 Å². The summed E-state index contributed by atoms with van der Waals surface area (Å²) in [7, 11) is 0. The molecule has 104 valence electrons. The van der Waals surface area contributed by atoms with Gasteiger partial charge in [-0.1, -0.05) is 41.9 Å². The first-order valence-electron chi connectivity index (χ1n) is 6.43. The van der Waals surface area contributed by atoms with Gasteiger partial charge < -0.3 is 5.32 Å². The van der Waals surface area contributed by atoms with Gasteiger partial charge in [-0.05, 0) is 23.9 Å². The Morgan fingerprint density at radius 1 is 1.10 bits per heavy atom. The molecule has 1 aromatic carbocycles. The third-order valence-electron chi connectivity index (χ3n) is 3.23. The molecule has 0 saturated carbocycles. The lowest BCUT2D eigenvalue weighted by Crippen LogP contribution is -2.14. The molecule has 0 aliphatic heterocycles. The van der Waals surface area contributed by atoms with Crippen molar-refractivity contribution in [3.05, 3.63) is 65.1 Å². The van der Waals surface area contributed by atoms with E-state index in [1.807, 2.05) is 43.3 Å². The number of aromatic nitrogens is 2. The number of pyridine rings is 2. The maximum atomic E-state index is 12.5. The Kier molecular flexibility index (Phi) is 3.54. The molecule has 0 atom stereocenters. The number of nitrogens with one attached hydrogen (secondary N) is 1. The highest BCUT2D eigenvalue weighted by molar-refractivity contribution is 6.35. The van der Waals surface area contributed by atoms with E-state index in [1.165, 1.54) is 6.20 Å². The molecule has 0 aliphatic rings. The largest absolute Gasteiger partial charge is 0.306 e. The van der Waals surface area contributed by atoms with Crippen LogP contribution in [0.5, 0.6) is 0 Å². The van der Waals surface area contributed by atoms with E-state index in [9.17, 15) is 4.79 Å². The highest BCUT2D eigenvalue weighted by Gasteiger charge is 2.14. The summed E-state index contributed by atoms with van der Waals surface area (Å²) in [5.41, 5.74) is 1.37. The number of hydrogen-bond acceptors (Lipinski definition) is 3. The smallest absolute Gasteiger partial charge is 0.259 e. The molecule has 2 aromatic heterocycles. The highest BCUT2D eigenvalue weighted by atomic mass is 35.5. The molecule has 2 heterocycles. The van der Waals surface area contributed by atoms with Crippen molar-refractivity contribution >= 4 is 34.1 Å². The van der Waals surface area contributed by atoms with Crippen LogP contribution in [0.15, 0.2) is 48.8 Å². The molecule has 0 radical (unpaired) electrons. The molecule has 0 saturated heterocycles. The monoisotopic (exact) mass is 297 g/mol. The fourth-order valence-corrected chi connectivity index (χ4v) is 2.34. The Hall–Kier alpha value is -2.46. The van der Waals surface area contributed by atoms with Crippen molar-refractivity contribution in [3.8, 4) is 0 Å². The molecule has 21 heavy (non-hydrogen) atoms. The third kappa shape index (κ3) is 2.58. The van der Waals surface area contributed by atoms with E-state index in [0.29, 0.717) is 16.5 Å². The third-order valence-corrected chi connectivity index (χ3v) is 3.53. The summed E-state index contributed by atoms with van der Waals surface area (Å²) in [5, 5.41) is 4.71. The zero-order chi connectivity index (χ0) is 14.8. The summed E-state index contributed by atoms with van der Waals surface area (Å²) >= 11 is 6.06. The number of anilines is 1. The number of fused-ring (bicyclic) bond motifs is 1. The van der Waals surface area contributed by atoms with Crippen molar-refractivity contribution in [1.29, 1.82) is 0 Å². The van der Waals surface area contributed by atoms with Crippen molar-refractivity contribution in [1.82, 2.24) is 9.97 Å². The molecule has 5 heteroatoms. The van der Waals surface area contributed by atoms with Gasteiger partial charge in [0.1, 0.15) is 11.0 Å². The first kappa shape index (κ1) is 13.5. The van der Waals surface area contributed by atoms with Gasteiger partial charge in [-0.3, -0.25) is 4.79 Å². The predicted octanol–water partition coefficient (Wildman–Crippen LogP) is 3.84. The minimum absolute atomic E-state index is 0.253. The van der Waals surface area contributed by atoms with Crippen LogP contribution in [0.4, 0.5) is 5.82 Å². The van der Waals surface area contributed by atoms with Gasteiger partial charge in [0.05, 0.1) is 5.56 Å². The zero-order valence-electron chi connectivity index (χ0n) is 11.3. The average Bonchev–Trinajstić information content (AvgIpc) is 2.50. The van der Waals surface area contributed by atoms with Crippen LogP contribution < -0.4 is 5.32 Å². The number of carbonyl (C=O) groups excluding carboxylic acids is 1. The Morgan fingerprint density at radius 3 is 2.62 bits per heavy atom. The molecule has 0 unspecified atom stereocenters. The summed E-state index contributed by atoms with van der Waals surface area (Å²) in [5.74, 6) is 0.290. The molecule has 3 rings (SSSR count). The van der Waals surface area contributed by atoms with Gasteiger partial charge in [-0.2, -0.15) is 0 Å². The maximum Gasteiger partial charge on any atom is 0.259 e. The van der Waals surface area contributed by atoms with Crippen LogP contribution in [-0.4, -0.2) is 15.9 Å². The molecule has 1 N–H and O–H groups in total. The second-order valence-electron chi connectivity index (χ2n) is 4.63. The lowest BCUT2D eigenvalue weighted by molar-refractivity contribution is 0.102. The van der Waals surface area contributed by atoms with E-state index >= 15 is 0 Å². The minimum atomic E-state index is -0.253. The van der Waals surface area contributed by atoms with Crippen molar-refractivity contribution in [2.45, 2.75) is 6.92 Å². The van der Waals surface area contributed by atoms with Crippen molar-refractivity contribution in [3.63, 3.8) is 0 Å². The Morgan fingerprint density at radius 2 is 1.86 bits per heavy atom. The lowest BCUT2D eigenvalue weighted by atomic mass is 10.1. The van der Waals surface area contributed by atoms with Crippen LogP contribution in [0.25, 0.3) is 10.8 Å². The Bertz CT molecular complexity index is 833. The molecule has 3 aromatic rings. The number of amides is 1. The van der Waals surface area contributed by atoms with Crippen LogP contribution in [0.3, 0.4) is 0 Å². The normalized spacial score (nSPS) is 10.6. The van der Waals surface area contributed by atoms with Gasteiger partial charge in [-0.15, -0.1) is 0 Å². The van der Waals surface area contributed by atoms with Crippen molar-refractivity contribution in [2.75, 3.05) is 5.32 Å². The Balaban J connectivity index is 2.03. The summed E-state index contributed by atoms with van der Waals surface area (Å²) in [6.07, 6.45) is 3.12. The molecular formula is C16H12ClN3O. The number of aryl methyl sites for hydroxylation is 1. The number of carbonyl (C=O) groups is 1. The van der Waals surface area contributed by atoms with Gasteiger partial charge in [0.25, 0.3) is 5.91 Å². The first-order valence-corrected chi connectivity index (χ1v) is 6.81. The predicted molar refractivity (Wildman–Crippen MR) is 83.7 cm³/mol. The second-order valence-corrected chi connectivity index (χ2v) is 4.99. The van der Waals surface area contributed by atoms with E-state index in [2.05, 4.69) is 15.3 Å². The first-order chi connectivity index (χ1) is 10.2. The standard InChI is InChI=1S/C16H12ClN3O/c1-10-5-4-8-18-15(10)20-16(21)13-9-19-14(17)12-7-3-2-6-11(12)13/h2-9H,1H3,(H,18,20,21). The van der Waals surface area contributed by atoms with E-state index in [1.54, 1.807) is 6.20 Å². The summed E-state index contributed by atoms with van der Waals surface area (Å²) < 4.78 is 0. The second kappa shape index (κ2) is 5.50. The van der Waals surface area contributed by atoms with E-state index < -0.39 is 0 Å². The number of rotatable bonds is 2. The molecule has 0 aliphatic carbocycles. The van der Waals surface area contributed by atoms with Crippen LogP contribution >= 0.6 is 11.6 Å². The lowest BCUT2D eigenvalue weighted by Gasteiger charge is -2.09. The van der Waals surface area contributed by atoms with Crippen molar-refractivity contribution in [2.24, 2.45) is 0 Å². The van der Waals surface area contributed by atoms with Gasteiger partial charge in [-0.25, -0.2) is 9.97 Å². The van der Waals surface area contributed by atoms with E-state index in [0.717, 1.165) is 16.3 Å². The van der Waals surface area contributed by atoms with E-state index in [4.69, 9.17) is 11.6 Å². The number of nitrogens with zero attached hydrogens (tertiary/aromatic N) is 2. The minimum Gasteiger partial charge on any atom is -0.306 e. The van der Waals surface area contributed by atoms with Gasteiger partial charge in [0, 0.05) is 17.8 Å². The summed E-state index contributed by atoms with van der Waals surface area (Å²) in [6, 6.07) is 11.1. The fourth-order valence-electron chi connectivity index (χ4n) is 2.13. The van der Waals surface area contributed by atoms with Gasteiger partial charge in [0.15, 0.2) is 0 Å². The van der Waals surface area contributed by atoms with Gasteiger partial charge >= 0.3 is 0 Å². The molecule has 0 bridgehead atoms. The SMILES string of the molecule is Cc1cccnc1NC(=O)c1cnc(Cl)c2ccccc12. The molecule has 4 nitrogen and oxygen atoms in total. The maximum absolute atomic E-state index is 12.5. The number of halogens is 1. The molecular weight excluding hydrogens is 286 g/mol. The summed E-state index contributed by atoms with van der Waals surface area (Å²) in [4.78, 5) is 20.7. The average molecular weight is 298 g/mol. The summed E-state index contributed by atoms with van der Waals surface area (Å²) in [6.45, 7) is 1.89. The number of benzene rings is 1. The van der Waals surface area contributed by atoms with Gasteiger partial charge in [0.2, 0.25) is 0 Å². The van der Waals surface area contributed by atoms with E-state index in [-0.39, 0.29) is 5.91 Å². The molecule has 0 spiro atoms. The molecule has 1 amide bonds. The van der Waals surface area contributed by atoms with Crippen LogP contribution in [0.2, 0.25) is 5.15 Å². The fraction of sp³-hybridized carbons (Fsp3) is 0.0625. The van der Waals surface area contributed by atoms with Crippen LogP contribution in [0, 0.1) is 6.92 Å². The quantitative estimate of drug-likeness (QED) is 0.731. The number of hydrogen-bond donors (Lipinski definition) is 1. The van der Waals surface area contributed by atoms with Crippen LogP contribution in [-0.2, 0) is 0 Å². The molecule has 0 fully saturated rings. The Labute approximate surface area is 126 Å². The van der Waals surface area contributed by atoms with Crippen molar-refractivity contribution < 1.29 is 4.79 Å². The zero-order valence-corrected chi connectivity index (χ0v) is 12.1. The van der Waals surface area contributed by atoms with Crippen LogP contribution in [0.1, 0.15) is 15.9 Å². The highest BCUT2D eigenvalue weighted by Crippen LogP contribution is 2.24.